The average Bonchev–Trinajstić information content (AvgIpc) is 3.36. The first-order chi connectivity index (χ1) is 12.3. The smallest absolute Gasteiger partial charge is 0.181 e. The van der Waals surface area contributed by atoms with Crippen LogP contribution < -0.4 is 5.32 Å². The lowest BCUT2D eigenvalue weighted by Gasteiger charge is -2.39. The van der Waals surface area contributed by atoms with Crippen LogP contribution in [0.15, 0.2) is 42.2 Å². The molecule has 2 aliphatic heterocycles. The van der Waals surface area contributed by atoms with Crippen LogP contribution in [0.5, 0.6) is 0 Å². The number of hydrogen-bond acceptors (Lipinski definition) is 7. The number of nitrogens with one attached hydrogen (secondary N) is 1. The molecule has 2 aliphatic rings. The van der Waals surface area contributed by atoms with Crippen LogP contribution in [0.3, 0.4) is 0 Å². The van der Waals surface area contributed by atoms with E-state index in [1.807, 2.05) is 34.2 Å². The standard InChI is InChI=1S/C17H18N4O3S/c22-16-14(19-7-13-18-5-6-25-13)12-8-23-17(24-12)15(16)21-9-20-10-3-1-2-4-11(10)21/h1-6,9,12,14-17,19,22H,7-8H2. The molecule has 2 saturated heterocycles. The molecule has 4 heterocycles. The first-order valence-electron chi connectivity index (χ1n) is 8.30. The fourth-order valence-electron chi connectivity index (χ4n) is 3.71. The van der Waals surface area contributed by atoms with E-state index in [1.54, 1.807) is 23.9 Å². The van der Waals surface area contributed by atoms with Crippen molar-refractivity contribution in [3.8, 4) is 0 Å². The molecule has 130 valence electrons. The zero-order chi connectivity index (χ0) is 16.8. The average molecular weight is 358 g/mol. The summed E-state index contributed by atoms with van der Waals surface area (Å²) in [5, 5.41) is 17.4. The van der Waals surface area contributed by atoms with Crippen LogP contribution in [0.2, 0.25) is 0 Å². The van der Waals surface area contributed by atoms with Gasteiger partial charge in [-0.05, 0) is 12.1 Å². The fourth-order valence-corrected chi connectivity index (χ4v) is 4.28. The molecule has 0 radical (unpaired) electrons. The van der Waals surface area contributed by atoms with Crippen LogP contribution in [0.1, 0.15) is 11.0 Å². The van der Waals surface area contributed by atoms with Crippen molar-refractivity contribution in [1.29, 1.82) is 0 Å². The molecule has 5 atom stereocenters. The molecule has 5 rings (SSSR count). The molecule has 7 nitrogen and oxygen atoms in total. The summed E-state index contributed by atoms with van der Waals surface area (Å²) in [7, 11) is 0. The van der Waals surface area contributed by atoms with E-state index in [4.69, 9.17) is 9.47 Å². The Balaban J connectivity index is 1.45. The number of aliphatic hydroxyl groups excluding tert-OH is 1. The molecule has 5 unspecified atom stereocenters. The Morgan fingerprint density at radius 1 is 1.32 bits per heavy atom. The Hall–Kier alpha value is -1.84. The molecule has 0 spiro atoms. The van der Waals surface area contributed by atoms with Gasteiger partial charge in [-0.1, -0.05) is 12.1 Å². The second-order valence-corrected chi connectivity index (χ2v) is 7.31. The number of aliphatic hydroxyl groups is 1. The van der Waals surface area contributed by atoms with Crippen molar-refractivity contribution in [2.45, 2.75) is 37.1 Å². The number of fused-ring (bicyclic) bond motifs is 3. The third-order valence-electron chi connectivity index (χ3n) is 4.91. The lowest BCUT2D eigenvalue weighted by molar-refractivity contribution is -0.164. The third-order valence-corrected chi connectivity index (χ3v) is 5.69. The van der Waals surface area contributed by atoms with Crippen LogP contribution in [-0.2, 0) is 16.0 Å². The van der Waals surface area contributed by atoms with Crippen molar-refractivity contribution in [2.75, 3.05) is 6.61 Å². The first kappa shape index (κ1) is 15.4. The topological polar surface area (TPSA) is 81.4 Å². The van der Waals surface area contributed by atoms with Crippen molar-refractivity contribution >= 4 is 22.4 Å². The number of ether oxygens (including phenoxy) is 2. The van der Waals surface area contributed by atoms with Gasteiger partial charge in [0, 0.05) is 18.1 Å². The zero-order valence-electron chi connectivity index (χ0n) is 13.4. The summed E-state index contributed by atoms with van der Waals surface area (Å²) in [5.41, 5.74) is 1.85. The summed E-state index contributed by atoms with van der Waals surface area (Å²) in [4.78, 5) is 8.72. The minimum Gasteiger partial charge on any atom is -0.389 e. The van der Waals surface area contributed by atoms with Gasteiger partial charge in [0.1, 0.15) is 17.2 Å². The molecule has 2 bridgehead atoms. The van der Waals surface area contributed by atoms with E-state index in [-0.39, 0.29) is 18.2 Å². The van der Waals surface area contributed by atoms with Crippen LogP contribution in [0.25, 0.3) is 11.0 Å². The summed E-state index contributed by atoms with van der Waals surface area (Å²) in [6, 6.07) is 7.29. The number of aromatic nitrogens is 3. The lowest BCUT2D eigenvalue weighted by Crippen LogP contribution is -2.57. The molecule has 25 heavy (non-hydrogen) atoms. The molecule has 0 aliphatic carbocycles. The van der Waals surface area contributed by atoms with E-state index in [0.29, 0.717) is 13.2 Å². The molecule has 0 saturated carbocycles. The quantitative estimate of drug-likeness (QED) is 0.732. The minimum atomic E-state index is -0.649. The minimum absolute atomic E-state index is 0.161. The van der Waals surface area contributed by atoms with E-state index in [0.717, 1.165) is 16.0 Å². The summed E-state index contributed by atoms with van der Waals surface area (Å²) in [6.07, 6.45) is 2.26. The van der Waals surface area contributed by atoms with Crippen LogP contribution in [0, 0.1) is 0 Å². The number of benzene rings is 1. The van der Waals surface area contributed by atoms with Crippen molar-refractivity contribution in [3.63, 3.8) is 0 Å². The van der Waals surface area contributed by atoms with Crippen LogP contribution in [0.4, 0.5) is 0 Å². The van der Waals surface area contributed by atoms with Crippen molar-refractivity contribution in [2.24, 2.45) is 0 Å². The van der Waals surface area contributed by atoms with Gasteiger partial charge in [-0.3, -0.25) is 0 Å². The van der Waals surface area contributed by atoms with Crippen molar-refractivity contribution in [3.05, 3.63) is 47.2 Å². The van der Waals surface area contributed by atoms with Gasteiger partial charge in [-0.2, -0.15) is 0 Å². The molecule has 2 N–H and O–H groups in total. The highest BCUT2D eigenvalue weighted by Crippen LogP contribution is 2.37. The Kier molecular flexibility index (Phi) is 3.79. The summed E-state index contributed by atoms with van der Waals surface area (Å²) in [5.74, 6) is 0. The summed E-state index contributed by atoms with van der Waals surface area (Å²) < 4.78 is 13.8. The monoisotopic (exact) mass is 358 g/mol. The molecule has 0 amide bonds. The van der Waals surface area contributed by atoms with E-state index in [1.165, 1.54) is 0 Å². The Morgan fingerprint density at radius 3 is 3.12 bits per heavy atom. The zero-order valence-corrected chi connectivity index (χ0v) is 14.2. The van der Waals surface area contributed by atoms with Gasteiger partial charge in [0.2, 0.25) is 0 Å². The SMILES string of the molecule is OC1C(NCc2nccs2)C2COC(O2)C1n1cnc2ccccc21. The van der Waals surface area contributed by atoms with Gasteiger partial charge in [0.05, 0.1) is 36.1 Å². The highest BCUT2D eigenvalue weighted by Gasteiger charge is 2.51. The lowest BCUT2D eigenvalue weighted by atomic mass is 9.95. The normalized spacial score (nSPS) is 31.6. The number of rotatable bonds is 4. The highest BCUT2D eigenvalue weighted by atomic mass is 32.1. The van der Waals surface area contributed by atoms with Crippen molar-refractivity contribution in [1.82, 2.24) is 19.9 Å². The number of para-hydroxylation sites is 2. The van der Waals surface area contributed by atoms with Gasteiger partial charge in [-0.25, -0.2) is 9.97 Å². The summed E-state index contributed by atoms with van der Waals surface area (Å²) >= 11 is 1.59. The molecule has 2 fully saturated rings. The Labute approximate surface area is 148 Å². The molecular formula is C17H18N4O3S. The third kappa shape index (κ3) is 2.57. The predicted molar refractivity (Wildman–Crippen MR) is 92.1 cm³/mol. The number of thiazole rings is 1. The number of nitrogens with zero attached hydrogens (tertiary/aromatic N) is 3. The maximum Gasteiger partial charge on any atom is 0.181 e. The van der Waals surface area contributed by atoms with Gasteiger partial charge >= 0.3 is 0 Å². The van der Waals surface area contributed by atoms with Gasteiger partial charge < -0.3 is 24.5 Å². The second-order valence-electron chi connectivity index (χ2n) is 6.33. The van der Waals surface area contributed by atoms with E-state index >= 15 is 0 Å². The first-order valence-corrected chi connectivity index (χ1v) is 9.18. The second kappa shape index (κ2) is 6.15. The van der Waals surface area contributed by atoms with Crippen molar-refractivity contribution < 1.29 is 14.6 Å². The maximum absolute atomic E-state index is 11.1. The molecule has 8 heteroatoms. The molecule has 2 aromatic heterocycles. The number of imidazole rings is 1. The predicted octanol–water partition coefficient (Wildman–Crippen LogP) is 1.31. The Morgan fingerprint density at radius 2 is 2.24 bits per heavy atom. The molecule has 1 aromatic carbocycles. The van der Waals surface area contributed by atoms with E-state index in [2.05, 4.69) is 15.3 Å². The largest absolute Gasteiger partial charge is 0.389 e. The number of hydrogen-bond donors (Lipinski definition) is 2. The molecular weight excluding hydrogens is 340 g/mol. The molecule has 3 aromatic rings. The fraction of sp³-hybridized carbons (Fsp3) is 0.412. The van der Waals surface area contributed by atoms with Crippen LogP contribution in [-0.4, -0.2) is 50.8 Å². The van der Waals surface area contributed by atoms with E-state index in [9.17, 15) is 5.11 Å². The summed E-state index contributed by atoms with van der Waals surface area (Å²) in [6.45, 7) is 1.07. The van der Waals surface area contributed by atoms with Gasteiger partial charge in [0.15, 0.2) is 6.29 Å². The van der Waals surface area contributed by atoms with Crippen LogP contribution >= 0.6 is 11.3 Å². The Bertz CT molecular complexity index is 868. The van der Waals surface area contributed by atoms with Gasteiger partial charge in [0.25, 0.3) is 0 Å². The maximum atomic E-state index is 11.1. The van der Waals surface area contributed by atoms with E-state index < -0.39 is 12.4 Å². The highest BCUT2D eigenvalue weighted by molar-refractivity contribution is 7.09. The van der Waals surface area contributed by atoms with Gasteiger partial charge in [-0.15, -0.1) is 11.3 Å².